The van der Waals surface area contributed by atoms with Crippen LogP contribution < -0.4 is 10.1 Å². The zero-order valence-corrected chi connectivity index (χ0v) is 13.5. The fraction of sp³-hybridized carbons (Fsp3) is 0.235. The van der Waals surface area contributed by atoms with Crippen LogP contribution in [-0.2, 0) is 16.1 Å². The maximum Gasteiger partial charge on any atom is 0.255 e. The first-order valence-corrected chi connectivity index (χ1v) is 7.49. The highest BCUT2D eigenvalue weighted by molar-refractivity contribution is 6.07. The van der Waals surface area contributed by atoms with Crippen molar-refractivity contribution in [3.05, 3.63) is 47.8 Å². The van der Waals surface area contributed by atoms with Gasteiger partial charge in [-0.25, -0.2) is 0 Å². The third kappa shape index (κ3) is 3.45. The Morgan fingerprint density at radius 2 is 2.12 bits per heavy atom. The van der Waals surface area contributed by atoms with Gasteiger partial charge in [0.25, 0.3) is 5.91 Å². The van der Waals surface area contributed by atoms with Gasteiger partial charge in [0.05, 0.1) is 17.5 Å². The number of hydrogen-bond acceptors (Lipinski definition) is 4. The van der Waals surface area contributed by atoms with Crippen LogP contribution in [0.5, 0.6) is 5.75 Å². The van der Waals surface area contributed by atoms with Gasteiger partial charge in [0, 0.05) is 25.9 Å². The van der Waals surface area contributed by atoms with E-state index >= 15 is 0 Å². The van der Waals surface area contributed by atoms with Crippen LogP contribution in [0.4, 0.5) is 5.69 Å². The summed E-state index contributed by atoms with van der Waals surface area (Å²) >= 11 is 0. The predicted octanol–water partition coefficient (Wildman–Crippen LogP) is 1.39. The Balaban J connectivity index is 1.67. The Morgan fingerprint density at radius 3 is 2.92 bits per heavy atom. The molecule has 0 saturated heterocycles. The number of ether oxygens (including phenoxy) is 1. The molecule has 1 aliphatic rings. The number of rotatable bonds is 4. The Morgan fingerprint density at radius 1 is 1.33 bits per heavy atom. The lowest BCUT2D eigenvalue weighted by Crippen LogP contribution is -2.26. The van der Waals surface area contributed by atoms with E-state index in [1.165, 1.54) is 15.8 Å². The molecule has 24 heavy (non-hydrogen) atoms. The molecule has 0 aliphatic carbocycles. The second-order valence-corrected chi connectivity index (χ2v) is 5.66. The van der Waals surface area contributed by atoms with Gasteiger partial charge >= 0.3 is 0 Å². The molecule has 3 rings (SSSR count). The number of nitrogens with zero attached hydrogens (tertiary/aromatic N) is 3. The molecule has 1 aromatic heterocycles. The summed E-state index contributed by atoms with van der Waals surface area (Å²) in [5, 5.41) is 6.85. The van der Waals surface area contributed by atoms with Gasteiger partial charge in [0.2, 0.25) is 5.91 Å². The van der Waals surface area contributed by atoms with E-state index in [9.17, 15) is 9.59 Å². The van der Waals surface area contributed by atoms with Gasteiger partial charge in [-0.2, -0.15) is 5.10 Å². The molecule has 7 nitrogen and oxygen atoms in total. The minimum atomic E-state index is -0.247. The van der Waals surface area contributed by atoms with Crippen LogP contribution in [-0.4, -0.2) is 47.2 Å². The molecule has 124 valence electrons. The molecule has 0 spiro atoms. The average molecular weight is 326 g/mol. The van der Waals surface area contributed by atoms with Crippen molar-refractivity contribution >= 4 is 23.6 Å². The number of hydrogen-bond donors (Lipinski definition) is 1. The predicted molar refractivity (Wildman–Crippen MR) is 89.5 cm³/mol. The lowest BCUT2D eigenvalue weighted by Gasteiger charge is -2.17. The Kier molecular flexibility index (Phi) is 4.33. The van der Waals surface area contributed by atoms with Crippen molar-refractivity contribution in [2.45, 2.75) is 6.54 Å². The van der Waals surface area contributed by atoms with E-state index < -0.39 is 0 Å². The highest BCUT2D eigenvalue weighted by Gasteiger charge is 2.17. The number of carbonyl (C=O) groups excluding carboxylic acids is 2. The SMILES string of the molecule is CN(C)C(=O)Cn1cc(NC(=O)C2=Cc3ccccc3OC2)cn1. The van der Waals surface area contributed by atoms with Crippen molar-refractivity contribution in [1.29, 1.82) is 0 Å². The van der Waals surface area contributed by atoms with E-state index in [1.54, 1.807) is 20.3 Å². The summed E-state index contributed by atoms with van der Waals surface area (Å²) < 4.78 is 7.06. The van der Waals surface area contributed by atoms with Crippen LogP contribution in [0.25, 0.3) is 6.08 Å². The van der Waals surface area contributed by atoms with Crippen LogP contribution in [0.3, 0.4) is 0 Å². The number of fused-ring (bicyclic) bond motifs is 1. The smallest absolute Gasteiger partial charge is 0.255 e. The summed E-state index contributed by atoms with van der Waals surface area (Å²) in [5.41, 5.74) is 1.94. The number of anilines is 1. The van der Waals surface area contributed by atoms with Gasteiger partial charge < -0.3 is 15.0 Å². The van der Waals surface area contributed by atoms with Crippen molar-refractivity contribution in [3.63, 3.8) is 0 Å². The average Bonchev–Trinajstić information content (AvgIpc) is 3.01. The second kappa shape index (κ2) is 6.57. The molecule has 7 heteroatoms. The molecule has 1 N–H and O–H groups in total. The number of aromatic nitrogens is 2. The summed E-state index contributed by atoms with van der Waals surface area (Å²) in [5.74, 6) is 0.447. The second-order valence-electron chi connectivity index (χ2n) is 5.66. The molecule has 0 radical (unpaired) electrons. The number of carbonyl (C=O) groups is 2. The molecule has 0 atom stereocenters. The number of para-hydroxylation sites is 1. The summed E-state index contributed by atoms with van der Waals surface area (Å²) in [6.07, 6.45) is 4.95. The molecule has 2 amide bonds. The first-order valence-electron chi connectivity index (χ1n) is 7.49. The molecular formula is C17H18N4O3. The summed E-state index contributed by atoms with van der Waals surface area (Å²) in [4.78, 5) is 25.5. The number of amides is 2. The zero-order valence-electron chi connectivity index (χ0n) is 13.5. The minimum Gasteiger partial charge on any atom is -0.488 e. The quantitative estimate of drug-likeness (QED) is 0.921. The van der Waals surface area contributed by atoms with Gasteiger partial charge in [-0.3, -0.25) is 14.3 Å². The first kappa shape index (κ1) is 15.8. The van der Waals surface area contributed by atoms with Crippen molar-refractivity contribution in [1.82, 2.24) is 14.7 Å². The summed E-state index contributed by atoms with van der Waals surface area (Å²) in [6.45, 7) is 0.345. The van der Waals surface area contributed by atoms with Crippen LogP contribution in [0, 0.1) is 0 Å². The monoisotopic (exact) mass is 326 g/mol. The van der Waals surface area contributed by atoms with Crippen molar-refractivity contribution in [3.8, 4) is 5.75 Å². The van der Waals surface area contributed by atoms with E-state index in [0.29, 0.717) is 11.3 Å². The summed E-state index contributed by atoms with van der Waals surface area (Å²) in [7, 11) is 3.36. The third-order valence-electron chi connectivity index (χ3n) is 3.61. The minimum absolute atomic E-state index is 0.0732. The van der Waals surface area contributed by atoms with Crippen LogP contribution in [0.1, 0.15) is 5.56 Å². The molecule has 1 aromatic carbocycles. The van der Waals surface area contributed by atoms with Gasteiger partial charge in [-0.05, 0) is 12.1 Å². The summed E-state index contributed by atoms with van der Waals surface area (Å²) in [6, 6.07) is 7.55. The molecule has 1 aliphatic heterocycles. The van der Waals surface area contributed by atoms with Gasteiger partial charge in [0.1, 0.15) is 18.9 Å². The zero-order chi connectivity index (χ0) is 17.1. The van der Waals surface area contributed by atoms with Crippen LogP contribution in [0.2, 0.25) is 0 Å². The number of nitrogens with one attached hydrogen (secondary N) is 1. The van der Waals surface area contributed by atoms with Crippen molar-refractivity contribution in [2.75, 3.05) is 26.0 Å². The van der Waals surface area contributed by atoms with E-state index in [1.807, 2.05) is 30.3 Å². The molecule has 0 saturated carbocycles. The molecule has 2 heterocycles. The highest BCUT2D eigenvalue weighted by Crippen LogP contribution is 2.26. The Labute approximate surface area is 139 Å². The fourth-order valence-electron chi connectivity index (χ4n) is 2.25. The Hall–Kier alpha value is -3.09. The lowest BCUT2D eigenvalue weighted by atomic mass is 10.1. The first-order chi connectivity index (χ1) is 11.5. The topological polar surface area (TPSA) is 76.5 Å². The molecule has 2 aromatic rings. The van der Waals surface area contributed by atoms with Gasteiger partial charge in [0.15, 0.2) is 0 Å². The van der Waals surface area contributed by atoms with Gasteiger partial charge in [-0.1, -0.05) is 18.2 Å². The van der Waals surface area contributed by atoms with E-state index in [2.05, 4.69) is 10.4 Å². The highest BCUT2D eigenvalue weighted by atomic mass is 16.5. The van der Waals surface area contributed by atoms with Crippen LogP contribution >= 0.6 is 0 Å². The standard InChI is InChI=1S/C17H18N4O3/c1-20(2)16(22)10-21-9-14(8-18-21)19-17(23)13-7-12-5-3-4-6-15(12)24-11-13/h3-9H,10-11H2,1-2H3,(H,19,23). The molecule has 0 fully saturated rings. The number of likely N-dealkylation sites (N-methyl/N-ethyl adjacent to an activating group) is 1. The van der Waals surface area contributed by atoms with Crippen molar-refractivity contribution in [2.24, 2.45) is 0 Å². The van der Waals surface area contributed by atoms with E-state index in [-0.39, 0.29) is 25.0 Å². The molecule has 0 bridgehead atoms. The molecule has 0 unspecified atom stereocenters. The maximum atomic E-state index is 12.3. The van der Waals surface area contributed by atoms with Crippen molar-refractivity contribution < 1.29 is 14.3 Å². The Bertz CT molecular complexity index is 808. The van der Waals surface area contributed by atoms with E-state index in [4.69, 9.17) is 4.74 Å². The normalized spacial score (nSPS) is 12.7. The van der Waals surface area contributed by atoms with Gasteiger partial charge in [-0.15, -0.1) is 0 Å². The maximum absolute atomic E-state index is 12.3. The fourth-order valence-corrected chi connectivity index (χ4v) is 2.25. The lowest BCUT2D eigenvalue weighted by molar-refractivity contribution is -0.129. The third-order valence-corrected chi connectivity index (χ3v) is 3.61. The van der Waals surface area contributed by atoms with Crippen LogP contribution in [0.15, 0.2) is 42.2 Å². The number of benzene rings is 1. The molecular weight excluding hydrogens is 308 g/mol. The largest absolute Gasteiger partial charge is 0.488 e. The van der Waals surface area contributed by atoms with E-state index in [0.717, 1.165) is 11.3 Å².